The zero-order valence-electron chi connectivity index (χ0n) is 12.2. The van der Waals surface area contributed by atoms with Crippen LogP contribution in [-0.2, 0) is 0 Å². The Kier molecular flexibility index (Phi) is 6.77. The van der Waals surface area contributed by atoms with E-state index in [1.165, 1.54) is 12.1 Å². The van der Waals surface area contributed by atoms with E-state index in [-0.39, 0.29) is 29.9 Å². The van der Waals surface area contributed by atoms with Crippen molar-refractivity contribution < 1.29 is 23.0 Å². The lowest BCUT2D eigenvalue weighted by molar-refractivity contribution is -0.274. The number of hydrogen-bond donors (Lipinski definition) is 2. The number of aromatic hydroxyl groups is 1. The van der Waals surface area contributed by atoms with Gasteiger partial charge in [-0.2, -0.15) is 0 Å². The van der Waals surface area contributed by atoms with Gasteiger partial charge >= 0.3 is 6.36 Å². The largest absolute Gasteiger partial charge is 0.573 e. The maximum absolute atomic E-state index is 12.3. The average molecular weight is 341 g/mol. The Morgan fingerprint density at radius 2 is 1.95 bits per heavy atom. The van der Waals surface area contributed by atoms with Gasteiger partial charge in [-0.3, -0.25) is 4.90 Å². The average Bonchev–Trinajstić information content (AvgIpc) is 2.43. The summed E-state index contributed by atoms with van der Waals surface area (Å²) in [6, 6.07) is 3.53. The molecule has 2 N–H and O–H groups in total. The first kappa shape index (κ1) is 18.9. The van der Waals surface area contributed by atoms with Crippen molar-refractivity contribution in [3.05, 3.63) is 23.8 Å². The summed E-state index contributed by atoms with van der Waals surface area (Å²) in [5.41, 5.74) is 0.473. The molecule has 1 aromatic carbocycles. The van der Waals surface area contributed by atoms with E-state index in [1.807, 2.05) is 6.92 Å². The highest BCUT2D eigenvalue weighted by atomic mass is 35.5. The number of rotatable bonds is 4. The summed E-state index contributed by atoms with van der Waals surface area (Å²) in [5, 5.41) is 13.2. The third kappa shape index (κ3) is 4.93. The quantitative estimate of drug-likeness (QED) is 0.884. The second-order valence-corrected chi connectivity index (χ2v) is 4.98. The van der Waals surface area contributed by atoms with Gasteiger partial charge in [0.05, 0.1) is 0 Å². The number of hydrogen-bond acceptors (Lipinski definition) is 4. The van der Waals surface area contributed by atoms with E-state index >= 15 is 0 Å². The highest BCUT2D eigenvalue weighted by Gasteiger charge is 2.32. The van der Waals surface area contributed by atoms with Crippen molar-refractivity contribution in [2.24, 2.45) is 0 Å². The normalized spacial score (nSPS) is 17.6. The predicted octanol–water partition coefficient (Wildman–Crippen LogP) is 3.07. The third-order valence-electron chi connectivity index (χ3n) is 3.57. The molecule has 1 heterocycles. The Hall–Kier alpha value is -1.18. The monoisotopic (exact) mass is 340 g/mol. The van der Waals surface area contributed by atoms with E-state index in [0.717, 1.165) is 32.2 Å². The molecular formula is C14H20ClF3N2O2. The first-order chi connectivity index (χ1) is 9.90. The molecule has 4 nitrogen and oxygen atoms in total. The van der Waals surface area contributed by atoms with Crippen molar-refractivity contribution >= 4 is 12.4 Å². The van der Waals surface area contributed by atoms with Gasteiger partial charge in [0.2, 0.25) is 0 Å². The fourth-order valence-electron chi connectivity index (χ4n) is 2.67. The number of nitrogens with zero attached hydrogens (tertiary/aromatic N) is 1. The van der Waals surface area contributed by atoms with Crippen LogP contribution >= 0.6 is 12.4 Å². The lowest BCUT2D eigenvalue weighted by Gasteiger charge is -2.35. The summed E-state index contributed by atoms with van der Waals surface area (Å²) in [7, 11) is 0. The third-order valence-corrected chi connectivity index (χ3v) is 3.57. The molecule has 0 radical (unpaired) electrons. The maximum atomic E-state index is 12.3. The van der Waals surface area contributed by atoms with E-state index in [2.05, 4.69) is 15.0 Å². The minimum Gasteiger partial charge on any atom is -0.508 e. The van der Waals surface area contributed by atoms with E-state index in [0.29, 0.717) is 12.0 Å². The van der Waals surface area contributed by atoms with Crippen LogP contribution in [0.2, 0.25) is 0 Å². The van der Waals surface area contributed by atoms with Crippen LogP contribution in [-0.4, -0.2) is 42.5 Å². The van der Waals surface area contributed by atoms with Gasteiger partial charge in [0.15, 0.2) is 0 Å². The van der Waals surface area contributed by atoms with Crippen molar-refractivity contribution in [2.75, 3.05) is 26.2 Å². The summed E-state index contributed by atoms with van der Waals surface area (Å²) in [4.78, 5) is 2.16. The zero-order valence-corrected chi connectivity index (χ0v) is 13.0. The van der Waals surface area contributed by atoms with Crippen molar-refractivity contribution in [1.29, 1.82) is 0 Å². The lowest BCUT2D eigenvalue weighted by atomic mass is 10.0. The van der Waals surface area contributed by atoms with E-state index in [9.17, 15) is 18.3 Å². The molecule has 0 spiro atoms. The molecule has 0 amide bonds. The summed E-state index contributed by atoms with van der Waals surface area (Å²) in [6.45, 7) is 5.19. The van der Waals surface area contributed by atoms with Crippen LogP contribution in [0.15, 0.2) is 18.2 Å². The smallest absolute Gasteiger partial charge is 0.508 e. The van der Waals surface area contributed by atoms with Crippen LogP contribution in [0.25, 0.3) is 0 Å². The molecule has 22 heavy (non-hydrogen) atoms. The summed E-state index contributed by atoms with van der Waals surface area (Å²) in [5.74, 6) is -0.307. The van der Waals surface area contributed by atoms with E-state index in [1.54, 1.807) is 0 Å². The van der Waals surface area contributed by atoms with E-state index in [4.69, 9.17) is 0 Å². The van der Waals surface area contributed by atoms with Gasteiger partial charge in [-0.25, -0.2) is 0 Å². The van der Waals surface area contributed by atoms with Crippen LogP contribution in [0.3, 0.4) is 0 Å². The molecule has 2 rings (SSSR count). The standard InChI is InChI=1S/C14H19F3N2O2.ClH/c1-2-12(19-7-5-18-6-8-19)11-9-10(3-4-13(11)20)21-14(15,16)17;/h3-4,9,12,18,20H,2,5-8H2,1H3;1H/t12-;/m1./s1. The maximum Gasteiger partial charge on any atom is 0.573 e. The van der Waals surface area contributed by atoms with Gasteiger partial charge in [0.25, 0.3) is 0 Å². The van der Waals surface area contributed by atoms with Crippen molar-refractivity contribution in [3.63, 3.8) is 0 Å². The SMILES string of the molecule is CC[C@H](c1cc(OC(F)(F)F)ccc1O)N1CCNCC1.Cl. The number of halogens is 4. The number of nitrogens with one attached hydrogen (secondary N) is 1. The Balaban J connectivity index is 0.00000242. The molecule has 0 unspecified atom stereocenters. The zero-order chi connectivity index (χ0) is 15.5. The molecule has 1 aromatic rings. The highest BCUT2D eigenvalue weighted by Crippen LogP contribution is 2.35. The van der Waals surface area contributed by atoms with Crippen molar-refractivity contribution in [2.45, 2.75) is 25.7 Å². The molecule has 1 atom stereocenters. The number of ether oxygens (including phenoxy) is 1. The summed E-state index contributed by atoms with van der Waals surface area (Å²) in [6.07, 6.45) is -4.03. The van der Waals surface area contributed by atoms with Crippen molar-refractivity contribution in [1.82, 2.24) is 10.2 Å². The number of phenols is 1. The minimum absolute atomic E-state index is 0. The van der Waals surface area contributed by atoms with E-state index < -0.39 is 6.36 Å². The summed E-state index contributed by atoms with van der Waals surface area (Å²) < 4.78 is 40.9. The van der Waals surface area contributed by atoms with Crippen LogP contribution in [0.4, 0.5) is 13.2 Å². The van der Waals surface area contributed by atoms with Gasteiger partial charge < -0.3 is 15.2 Å². The second kappa shape index (κ2) is 7.89. The van der Waals surface area contributed by atoms with Gasteiger partial charge in [0.1, 0.15) is 11.5 Å². The molecule has 0 saturated carbocycles. The predicted molar refractivity (Wildman–Crippen MR) is 79.5 cm³/mol. The van der Waals surface area contributed by atoms with Crippen LogP contribution in [0.1, 0.15) is 24.9 Å². The Morgan fingerprint density at radius 3 is 2.50 bits per heavy atom. The second-order valence-electron chi connectivity index (χ2n) is 4.98. The summed E-state index contributed by atoms with van der Waals surface area (Å²) >= 11 is 0. The molecule has 8 heteroatoms. The molecule has 126 valence electrons. The Bertz CT molecular complexity index is 480. The van der Waals surface area contributed by atoms with Gasteiger partial charge in [0, 0.05) is 37.8 Å². The molecular weight excluding hydrogens is 321 g/mol. The minimum atomic E-state index is -4.73. The number of piperazine rings is 1. The molecule has 0 bridgehead atoms. The fraction of sp³-hybridized carbons (Fsp3) is 0.571. The van der Waals surface area contributed by atoms with Crippen molar-refractivity contribution in [3.8, 4) is 11.5 Å². The molecule has 1 aliphatic heterocycles. The number of alkyl halides is 3. The molecule has 1 fully saturated rings. The topological polar surface area (TPSA) is 44.7 Å². The van der Waals surface area contributed by atoms with Crippen LogP contribution in [0, 0.1) is 0 Å². The Labute approximate surface area is 133 Å². The van der Waals surface area contributed by atoms with Gasteiger partial charge in [-0.05, 0) is 24.6 Å². The Morgan fingerprint density at radius 1 is 1.32 bits per heavy atom. The molecule has 0 aliphatic carbocycles. The highest BCUT2D eigenvalue weighted by molar-refractivity contribution is 5.85. The van der Waals surface area contributed by atoms with Gasteiger partial charge in [-0.15, -0.1) is 25.6 Å². The van der Waals surface area contributed by atoms with Crippen LogP contribution in [0.5, 0.6) is 11.5 Å². The molecule has 0 aromatic heterocycles. The first-order valence-electron chi connectivity index (χ1n) is 6.94. The number of phenolic OH excluding ortho intramolecular Hbond substituents is 1. The number of benzene rings is 1. The van der Waals surface area contributed by atoms with Gasteiger partial charge in [-0.1, -0.05) is 6.92 Å². The molecule has 1 aliphatic rings. The molecule has 1 saturated heterocycles. The lowest BCUT2D eigenvalue weighted by Crippen LogP contribution is -2.45. The van der Waals surface area contributed by atoms with Crippen LogP contribution < -0.4 is 10.1 Å². The fourth-order valence-corrected chi connectivity index (χ4v) is 2.67. The first-order valence-corrected chi connectivity index (χ1v) is 6.94.